The fraction of sp³-hybridized carbons (Fsp3) is 0.714. The molecule has 0 saturated carbocycles. The van der Waals surface area contributed by atoms with Crippen LogP contribution in [0.1, 0.15) is 52.4 Å². The van der Waals surface area contributed by atoms with Gasteiger partial charge in [0, 0.05) is 12.1 Å². The van der Waals surface area contributed by atoms with Crippen molar-refractivity contribution in [2.24, 2.45) is 0 Å². The van der Waals surface area contributed by atoms with Crippen LogP contribution in [0.5, 0.6) is 0 Å². The van der Waals surface area contributed by atoms with Gasteiger partial charge in [0.25, 0.3) is 0 Å². The standard InChI is InChI=1S/C14H23N/c1-3-9-14(10-4-2)13-8-6-5-7-12(13)11-15-14/h7-8,15H,3-6,9-11H2,1-2H3. The molecule has 1 heterocycles. The molecule has 1 nitrogen and oxygen atoms in total. The predicted octanol–water partition coefficient (Wildman–Crippen LogP) is 3.58. The SMILES string of the molecule is CCCC1(CCC)NCC2=CCCC=C21. The Bertz CT molecular complexity index is 280. The number of hydrogen-bond donors (Lipinski definition) is 1. The Morgan fingerprint density at radius 1 is 1.13 bits per heavy atom. The zero-order chi connectivity index (χ0) is 10.7. The van der Waals surface area contributed by atoms with Gasteiger partial charge in [-0.15, -0.1) is 0 Å². The van der Waals surface area contributed by atoms with Crippen molar-refractivity contribution < 1.29 is 0 Å². The molecule has 1 saturated heterocycles. The van der Waals surface area contributed by atoms with Gasteiger partial charge in [-0.1, -0.05) is 38.8 Å². The van der Waals surface area contributed by atoms with Gasteiger partial charge < -0.3 is 5.32 Å². The summed E-state index contributed by atoms with van der Waals surface area (Å²) in [6.07, 6.45) is 12.6. The number of nitrogens with one attached hydrogen (secondary N) is 1. The van der Waals surface area contributed by atoms with E-state index in [1.54, 1.807) is 11.1 Å². The Balaban J connectivity index is 2.25. The van der Waals surface area contributed by atoms with Gasteiger partial charge >= 0.3 is 0 Å². The second-order valence-electron chi connectivity index (χ2n) is 4.86. The first kappa shape index (κ1) is 10.9. The summed E-state index contributed by atoms with van der Waals surface area (Å²) in [5, 5.41) is 3.78. The minimum Gasteiger partial charge on any atom is -0.303 e. The maximum absolute atomic E-state index is 3.78. The summed E-state index contributed by atoms with van der Waals surface area (Å²) in [6.45, 7) is 5.69. The van der Waals surface area contributed by atoms with E-state index < -0.39 is 0 Å². The Morgan fingerprint density at radius 3 is 2.47 bits per heavy atom. The second-order valence-corrected chi connectivity index (χ2v) is 4.86. The molecule has 0 spiro atoms. The molecule has 0 aromatic heterocycles. The van der Waals surface area contributed by atoms with E-state index in [1.165, 1.54) is 38.5 Å². The maximum Gasteiger partial charge on any atom is 0.0436 e. The first-order chi connectivity index (χ1) is 7.32. The quantitative estimate of drug-likeness (QED) is 0.739. The normalized spacial score (nSPS) is 23.3. The summed E-state index contributed by atoms with van der Waals surface area (Å²) in [5.74, 6) is 0. The van der Waals surface area contributed by atoms with Gasteiger partial charge in [0.2, 0.25) is 0 Å². The minimum absolute atomic E-state index is 0.329. The topological polar surface area (TPSA) is 12.0 Å². The van der Waals surface area contributed by atoms with Gasteiger partial charge in [-0.2, -0.15) is 0 Å². The van der Waals surface area contributed by atoms with Crippen LogP contribution in [0.2, 0.25) is 0 Å². The summed E-state index contributed by atoms with van der Waals surface area (Å²) < 4.78 is 0. The molecule has 0 aromatic carbocycles. The predicted molar refractivity (Wildman–Crippen MR) is 65.9 cm³/mol. The van der Waals surface area contributed by atoms with Crippen LogP contribution in [-0.2, 0) is 0 Å². The molecule has 2 aliphatic rings. The highest BCUT2D eigenvalue weighted by atomic mass is 15.0. The summed E-state index contributed by atoms with van der Waals surface area (Å²) in [6, 6.07) is 0. The van der Waals surface area contributed by atoms with Crippen LogP contribution < -0.4 is 5.32 Å². The molecule has 84 valence electrons. The molecule has 15 heavy (non-hydrogen) atoms. The highest BCUT2D eigenvalue weighted by molar-refractivity contribution is 5.47. The fourth-order valence-electron chi connectivity index (χ4n) is 3.18. The van der Waals surface area contributed by atoms with Crippen molar-refractivity contribution in [3.8, 4) is 0 Å². The van der Waals surface area contributed by atoms with Crippen LogP contribution in [-0.4, -0.2) is 12.1 Å². The van der Waals surface area contributed by atoms with E-state index in [2.05, 4.69) is 31.3 Å². The van der Waals surface area contributed by atoms with Gasteiger partial charge in [0.05, 0.1) is 0 Å². The average molecular weight is 205 g/mol. The van der Waals surface area contributed by atoms with Gasteiger partial charge in [-0.05, 0) is 36.8 Å². The van der Waals surface area contributed by atoms with E-state index in [0.29, 0.717) is 5.54 Å². The van der Waals surface area contributed by atoms with E-state index in [1.807, 2.05) is 0 Å². The van der Waals surface area contributed by atoms with E-state index in [4.69, 9.17) is 0 Å². The van der Waals surface area contributed by atoms with Crippen LogP contribution in [0, 0.1) is 0 Å². The molecule has 0 radical (unpaired) electrons. The van der Waals surface area contributed by atoms with Crippen LogP contribution in [0.15, 0.2) is 23.3 Å². The van der Waals surface area contributed by atoms with E-state index in [0.717, 1.165) is 6.54 Å². The molecular weight excluding hydrogens is 182 g/mol. The van der Waals surface area contributed by atoms with Crippen molar-refractivity contribution in [1.82, 2.24) is 5.32 Å². The molecular formula is C14H23N. The molecule has 0 bridgehead atoms. The first-order valence-corrected chi connectivity index (χ1v) is 6.47. The van der Waals surface area contributed by atoms with Crippen LogP contribution >= 0.6 is 0 Å². The summed E-state index contributed by atoms with van der Waals surface area (Å²) in [4.78, 5) is 0. The monoisotopic (exact) mass is 205 g/mol. The number of allylic oxidation sites excluding steroid dienone is 2. The zero-order valence-corrected chi connectivity index (χ0v) is 10.1. The minimum atomic E-state index is 0.329. The first-order valence-electron chi connectivity index (χ1n) is 6.47. The average Bonchev–Trinajstić information content (AvgIpc) is 2.60. The van der Waals surface area contributed by atoms with Crippen molar-refractivity contribution in [3.05, 3.63) is 23.3 Å². The van der Waals surface area contributed by atoms with Crippen molar-refractivity contribution >= 4 is 0 Å². The van der Waals surface area contributed by atoms with Gasteiger partial charge in [0.1, 0.15) is 0 Å². The van der Waals surface area contributed by atoms with Gasteiger partial charge in [-0.3, -0.25) is 0 Å². The molecule has 0 atom stereocenters. The third-order valence-corrected chi connectivity index (χ3v) is 3.74. The van der Waals surface area contributed by atoms with Crippen molar-refractivity contribution in [2.75, 3.05) is 6.54 Å². The lowest BCUT2D eigenvalue weighted by Gasteiger charge is -2.31. The zero-order valence-electron chi connectivity index (χ0n) is 10.1. The van der Waals surface area contributed by atoms with Crippen LogP contribution in [0.3, 0.4) is 0 Å². The van der Waals surface area contributed by atoms with E-state index in [-0.39, 0.29) is 0 Å². The second kappa shape index (κ2) is 4.52. The molecule has 1 aliphatic carbocycles. The summed E-state index contributed by atoms with van der Waals surface area (Å²) in [7, 11) is 0. The Kier molecular flexibility index (Phi) is 3.30. The van der Waals surface area contributed by atoms with Crippen LogP contribution in [0.25, 0.3) is 0 Å². The summed E-state index contributed by atoms with van der Waals surface area (Å²) in [5.41, 5.74) is 3.55. The number of rotatable bonds is 4. The number of hydrogen-bond acceptors (Lipinski definition) is 1. The number of fused-ring (bicyclic) bond motifs is 1. The molecule has 1 heteroatoms. The Morgan fingerprint density at radius 2 is 1.80 bits per heavy atom. The van der Waals surface area contributed by atoms with E-state index in [9.17, 15) is 0 Å². The molecule has 1 fully saturated rings. The van der Waals surface area contributed by atoms with Gasteiger partial charge in [0.15, 0.2) is 0 Å². The molecule has 1 N–H and O–H groups in total. The highest BCUT2D eigenvalue weighted by Crippen LogP contribution is 2.39. The Labute approximate surface area is 93.6 Å². The molecule has 1 aliphatic heterocycles. The lowest BCUT2D eigenvalue weighted by Crippen LogP contribution is -2.40. The largest absolute Gasteiger partial charge is 0.303 e. The lowest BCUT2D eigenvalue weighted by molar-refractivity contribution is 0.369. The molecule has 2 rings (SSSR count). The van der Waals surface area contributed by atoms with Gasteiger partial charge in [-0.25, -0.2) is 0 Å². The molecule has 0 amide bonds. The summed E-state index contributed by atoms with van der Waals surface area (Å²) >= 11 is 0. The third-order valence-electron chi connectivity index (χ3n) is 3.74. The third kappa shape index (κ3) is 1.90. The van der Waals surface area contributed by atoms with E-state index >= 15 is 0 Å². The van der Waals surface area contributed by atoms with Crippen LogP contribution in [0.4, 0.5) is 0 Å². The van der Waals surface area contributed by atoms with Crippen molar-refractivity contribution in [1.29, 1.82) is 0 Å². The van der Waals surface area contributed by atoms with Crippen molar-refractivity contribution in [3.63, 3.8) is 0 Å². The molecule has 0 unspecified atom stereocenters. The fourth-order valence-corrected chi connectivity index (χ4v) is 3.18. The van der Waals surface area contributed by atoms with Crippen molar-refractivity contribution in [2.45, 2.75) is 57.9 Å². The maximum atomic E-state index is 3.78. The smallest absolute Gasteiger partial charge is 0.0436 e. The highest BCUT2D eigenvalue weighted by Gasteiger charge is 2.39. The Hall–Kier alpha value is -0.560. The molecule has 0 aromatic rings. The lowest BCUT2D eigenvalue weighted by atomic mass is 9.79.